The Morgan fingerprint density at radius 3 is 2.88 bits per heavy atom. The van der Waals surface area contributed by atoms with Gasteiger partial charge in [-0.2, -0.15) is 0 Å². The molecule has 0 saturated carbocycles. The molecule has 0 amide bonds. The monoisotopic (exact) mass is 234 g/mol. The lowest BCUT2D eigenvalue weighted by Crippen LogP contribution is -1.95. The smallest absolute Gasteiger partial charge is 0.214 e. The highest BCUT2D eigenvalue weighted by Crippen LogP contribution is 2.29. The van der Waals surface area contributed by atoms with Crippen LogP contribution < -0.4 is 10.5 Å². The Morgan fingerprint density at radius 2 is 2.19 bits per heavy atom. The normalized spacial score (nSPS) is 10.1. The molecule has 0 aromatic carbocycles. The number of aromatic nitrogens is 3. The molecule has 0 fully saturated rings. The van der Waals surface area contributed by atoms with Gasteiger partial charge in [0.25, 0.3) is 0 Å². The third kappa shape index (κ3) is 2.40. The number of nitrogens with zero attached hydrogens (tertiary/aromatic N) is 3. The Morgan fingerprint density at radius 1 is 1.31 bits per heavy atom. The zero-order chi connectivity index (χ0) is 11.4. The van der Waals surface area contributed by atoms with Crippen LogP contribution in [0.2, 0.25) is 0 Å². The summed E-state index contributed by atoms with van der Waals surface area (Å²) in [5.41, 5.74) is 6.41. The van der Waals surface area contributed by atoms with Crippen molar-refractivity contribution in [2.75, 3.05) is 12.8 Å². The maximum atomic E-state index is 5.81. The molecule has 0 unspecified atom stereocenters. The van der Waals surface area contributed by atoms with Gasteiger partial charge in [-0.3, -0.25) is 0 Å². The highest BCUT2D eigenvalue weighted by Gasteiger charge is 2.06. The van der Waals surface area contributed by atoms with Crippen LogP contribution in [0, 0.1) is 0 Å². The number of ether oxygens (including phenoxy) is 1. The molecule has 0 aliphatic heterocycles. The van der Waals surface area contributed by atoms with E-state index >= 15 is 0 Å². The largest absolute Gasteiger partial charge is 0.481 e. The fraction of sp³-hybridized carbons (Fsp3) is 0.100. The SMILES string of the molecule is COc1ccc(N)c(Sc2ccncn2)n1. The van der Waals surface area contributed by atoms with Crippen molar-refractivity contribution in [2.45, 2.75) is 10.1 Å². The van der Waals surface area contributed by atoms with Crippen molar-refractivity contribution in [1.82, 2.24) is 15.0 Å². The van der Waals surface area contributed by atoms with E-state index in [-0.39, 0.29) is 0 Å². The molecule has 0 aliphatic carbocycles. The Hall–Kier alpha value is -1.82. The van der Waals surface area contributed by atoms with Gasteiger partial charge < -0.3 is 10.5 Å². The number of anilines is 1. The topological polar surface area (TPSA) is 73.9 Å². The highest BCUT2D eigenvalue weighted by molar-refractivity contribution is 7.99. The second-order valence-electron chi connectivity index (χ2n) is 2.90. The number of nitrogen functional groups attached to an aromatic ring is 1. The number of nitrogens with two attached hydrogens (primary N) is 1. The molecule has 0 radical (unpaired) electrons. The summed E-state index contributed by atoms with van der Waals surface area (Å²) < 4.78 is 5.03. The fourth-order valence-electron chi connectivity index (χ4n) is 1.07. The lowest BCUT2D eigenvalue weighted by atomic mass is 10.4. The van der Waals surface area contributed by atoms with Gasteiger partial charge in [-0.15, -0.1) is 0 Å². The van der Waals surface area contributed by atoms with Gasteiger partial charge in [0.2, 0.25) is 5.88 Å². The Kier molecular flexibility index (Phi) is 3.21. The van der Waals surface area contributed by atoms with E-state index in [1.54, 1.807) is 31.5 Å². The number of hydrogen-bond acceptors (Lipinski definition) is 6. The maximum absolute atomic E-state index is 5.81. The average molecular weight is 234 g/mol. The summed E-state index contributed by atoms with van der Waals surface area (Å²) in [4.78, 5) is 12.2. The second-order valence-corrected chi connectivity index (χ2v) is 3.91. The quantitative estimate of drug-likeness (QED) is 0.813. The van der Waals surface area contributed by atoms with Gasteiger partial charge >= 0.3 is 0 Å². The molecule has 2 aromatic heterocycles. The Balaban J connectivity index is 2.27. The van der Waals surface area contributed by atoms with Crippen molar-refractivity contribution in [3.05, 3.63) is 30.7 Å². The molecular formula is C10H10N4OS. The molecule has 2 aromatic rings. The van der Waals surface area contributed by atoms with E-state index in [1.807, 2.05) is 0 Å². The van der Waals surface area contributed by atoms with Crippen LogP contribution in [0.15, 0.2) is 40.8 Å². The molecule has 2 heterocycles. The van der Waals surface area contributed by atoms with Crippen molar-refractivity contribution >= 4 is 17.4 Å². The Bertz CT molecular complexity index is 478. The summed E-state index contributed by atoms with van der Waals surface area (Å²) in [7, 11) is 1.57. The predicted molar refractivity (Wildman–Crippen MR) is 61.4 cm³/mol. The fourth-order valence-corrected chi connectivity index (χ4v) is 1.82. The lowest BCUT2D eigenvalue weighted by Gasteiger charge is -2.05. The summed E-state index contributed by atoms with van der Waals surface area (Å²) >= 11 is 1.38. The van der Waals surface area contributed by atoms with Crippen LogP contribution in [0.1, 0.15) is 0 Å². The van der Waals surface area contributed by atoms with Crippen LogP contribution in [0.4, 0.5) is 5.69 Å². The minimum Gasteiger partial charge on any atom is -0.481 e. The molecule has 0 aliphatic rings. The van der Waals surface area contributed by atoms with Crippen LogP contribution in [0.3, 0.4) is 0 Å². The van der Waals surface area contributed by atoms with Gasteiger partial charge in [-0.05, 0) is 23.9 Å². The molecule has 0 spiro atoms. The van der Waals surface area contributed by atoms with E-state index in [4.69, 9.17) is 10.5 Å². The van der Waals surface area contributed by atoms with Gasteiger partial charge in [-0.25, -0.2) is 15.0 Å². The summed E-state index contributed by atoms with van der Waals surface area (Å²) in [6, 6.07) is 5.28. The number of methoxy groups -OCH3 is 1. The summed E-state index contributed by atoms with van der Waals surface area (Å²) in [5, 5.41) is 1.47. The van der Waals surface area contributed by atoms with Gasteiger partial charge in [0.1, 0.15) is 16.4 Å². The van der Waals surface area contributed by atoms with E-state index < -0.39 is 0 Å². The highest BCUT2D eigenvalue weighted by atomic mass is 32.2. The third-order valence-electron chi connectivity index (χ3n) is 1.83. The van der Waals surface area contributed by atoms with Crippen molar-refractivity contribution in [3.8, 4) is 5.88 Å². The lowest BCUT2D eigenvalue weighted by molar-refractivity contribution is 0.395. The number of pyridine rings is 1. The molecule has 5 nitrogen and oxygen atoms in total. The first kappa shape index (κ1) is 10.7. The van der Waals surface area contributed by atoms with Gasteiger partial charge in [0, 0.05) is 12.3 Å². The third-order valence-corrected chi connectivity index (χ3v) is 2.80. The van der Waals surface area contributed by atoms with Crippen molar-refractivity contribution < 1.29 is 4.74 Å². The van der Waals surface area contributed by atoms with Gasteiger partial charge in [0.05, 0.1) is 12.8 Å². The molecule has 0 saturated heterocycles. The van der Waals surface area contributed by atoms with Crippen LogP contribution in [-0.4, -0.2) is 22.1 Å². The molecule has 2 N–H and O–H groups in total. The van der Waals surface area contributed by atoms with E-state index in [2.05, 4.69) is 15.0 Å². The van der Waals surface area contributed by atoms with Gasteiger partial charge in [-0.1, -0.05) is 0 Å². The zero-order valence-corrected chi connectivity index (χ0v) is 9.44. The maximum Gasteiger partial charge on any atom is 0.214 e. The van der Waals surface area contributed by atoms with E-state index in [9.17, 15) is 0 Å². The van der Waals surface area contributed by atoms with E-state index in [0.717, 1.165) is 5.03 Å². The summed E-state index contributed by atoms with van der Waals surface area (Å²) in [5.74, 6) is 0.533. The van der Waals surface area contributed by atoms with Crippen LogP contribution >= 0.6 is 11.8 Å². The molecular weight excluding hydrogens is 224 g/mol. The van der Waals surface area contributed by atoms with Crippen molar-refractivity contribution in [2.24, 2.45) is 0 Å². The van der Waals surface area contributed by atoms with Crippen molar-refractivity contribution in [3.63, 3.8) is 0 Å². The molecule has 82 valence electrons. The first-order chi connectivity index (χ1) is 7.79. The predicted octanol–water partition coefficient (Wildman–Crippen LogP) is 1.61. The molecule has 16 heavy (non-hydrogen) atoms. The second kappa shape index (κ2) is 4.80. The minimum absolute atomic E-state index is 0.533. The number of hydrogen-bond donors (Lipinski definition) is 1. The standard InChI is InChI=1S/C10H10N4OS/c1-15-8-3-2-7(11)10(14-8)16-9-4-5-12-6-13-9/h2-6H,11H2,1H3. The molecule has 6 heteroatoms. The van der Waals surface area contributed by atoms with Crippen LogP contribution in [0.25, 0.3) is 0 Å². The molecule has 2 rings (SSSR count). The minimum atomic E-state index is 0.533. The van der Waals surface area contributed by atoms with Gasteiger partial charge in [0.15, 0.2) is 0 Å². The first-order valence-electron chi connectivity index (χ1n) is 4.54. The summed E-state index contributed by atoms with van der Waals surface area (Å²) in [6.45, 7) is 0. The van der Waals surface area contributed by atoms with Crippen molar-refractivity contribution in [1.29, 1.82) is 0 Å². The summed E-state index contributed by atoms with van der Waals surface area (Å²) in [6.07, 6.45) is 3.16. The average Bonchev–Trinajstić information content (AvgIpc) is 2.33. The van der Waals surface area contributed by atoms with Crippen LogP contribution in [-0.2, 0) is 0 Å². The molecule has 0 bridgehead atoms. The Labute approximate surface area is 97.1 Å². The van der Waals surface area contributed by atoms with E-state index in [1.165, 1.54) is 18.1 Å². The van der Waals surface area contributed by atoms with E-state index in [0.29, 0.717) is 16.6 Å². The first-order valence-corrected chi connectivity index (χ1v) is 5.35. The zero-order valence-electron chi connectivity index (χ0n) is 8.62. The molecule has 0 atom stereocenters. The van der Waals surface area contributed by atoms with Crippen LogP contribution in [0.5, 0.6) is 5.88 Å². The number of rotatable bonds is 3.